The van der Waals surface area contributed by atoms with Crippen LogP contribution in [-0.4, -0.2) is 45.2 Å². The molecule has 0 radical (unpaired) electrons. The normalized spacial score (nSPS) is 14.2. The lowest BCUT2D eigenvalue weighted by Gasteiger charge is -2.31. The van der Waals surface area contributed by atoms with Crippen LogP contribution in [0, 0.1) is 5.82 Å². The van der Waals surface area contributed by atoms with Crippen molar-refractivity contribution in [2.24, 2.45) is 0 Å². The lowest BCUT2D eigenvalue weighted by molar-refractivity contribution is 0.0528. The van der Waals surface area contributed by atoms with Gasteiger partial charge in [0.05, 0.1) is 24.7 Å². The lowest BCUT2D eigenvalue weighted by atomic mass is 10.3. The molecule has 10 heteroatoms. The Balaban J connectivity index is 1.73. The van der Waals surface area contributed by atoms with E-state index in [4.69, 9.17) is 4.74 Å². The van der Waals surface area contributed by atoms with Gasteiger partial charge in [0.15, 0.2) is 11.5 Å². The SMILES string of the molecule is CCOC(=O)c1cnn2ccc(N3CCCN3c3cc(F)cnc3Br)nc12. The minimum atomic E-state index is -0.465. The van der Waals surface area contributed by atoms with E-state index >= 15 is 0 Å². The number of carbonyl (C=O) groups is 1. The fourth-order valence-corrected chi connectivity index (χ4v) is 3.47. The Kier molecular flexibility index (Phi) is 4.65. The molecule has 0 amide bonds. The van der Waals surface area contributed by atoms with Crippen LogP contribution in [0.1, 0.15) is 23.7 Å². The van der Waals surface area contributed by atoms with Gasteiger partial charge in [-0.25, -0.2) is 23.7 Å². The van der Waals surface area contributed by atoms with Crippen LogP contribution in [0.4, 0.5) is 15.9 Å². The number of hydrazine groups is 1. The molecular formula is C17H16BrFN6O2. The van der Waals surface area contributed by atoms with Crippen LogP contribution < -0.4 is 10.0 Å². The van der Waals surface area contributed by atoms with E-state index in [1.54, 1.807) is 19.2 Å². The molecule has 4 heterocycles. The number of aromatic nitrogens is 4. The molecule has 0 saturated carbocycles. The summed E-state index contributed by atoms with van der Waals surface area (Å²) >= 11 is 3.38. The van der Waals surface area contributed by atoms with Crippen LogP contribution in [0.15, 0.2) is 35.3 Å². The lowest BCUT2D eigenvalue weighted by Crippen LogP contribution is -2.37. The molecule has 4 rings (SSSR count). The summed E-state index contributed by atoms with van der Waals surface area (Å²) in [5, 5.41) is 8.00. The maximum Gasteiger partial charge on any atom is 0.343 e. The molecule has 0 unspecified atom stereocenters. The van der Waals surface area contributed by atoms with E-state index in [9.17, 15) is 9.18 Å². The first-order chi connectivity index (χ1) is 13.1. The second-order valence-electron chi connectivity index (χ2n) is 5.90. The molecule has 1 aliphatic rings. The maximum atomic E-state index is 13.7. The minimum absolute atomic E-state index is 0.274. The monoisotopic (exact) mass is 434 g/mol. The Hall–Kier alpha value is -2.75. The third kappa shape index (κ3) is 3.20. The average molecular weight is 435 g/mol. The highest BCUT2D eigenvalue weighted by Gasteiger charge is 2.27. The van der Waals surface area contributed by atoms with Crippen molar-refractivity contribution in [3.8, 4) is 0 Å². The highest BCUT2D eigenvalue weighted by Crippen LogP contribution is 2.31. The number of carbonyl (C=O) groups excluding carboxylic acids is 1. The number of nitrogens with zero attached hydrogens (tertiary/aromatic N) is 6. The quantitative estimate of drug-likeness (QED) is 0.461. The number of ether oxygens (including phenoxy) is 1. The molecule has 0 spiro atoms. The van der Waals surface area contributed by atoms with Gasteiger partial charge in [-0.15, -0.1) is 0 Å². The van der Waals surface area contributed by atoms with Crippen LogP contribution in [-0.2, 0) is 4.74 Å². The number of halogens is 2. The molecule has 0 N–H and O–H groups in total. The largest absolute Gasteiger partial charge is 0.462 e. The van der Waals surface area contributed by atoms with Gasteiger partial charge in [0.1, 0.15) is 16.0 Å². The minimum Gasteiger partial charge on any atom is -0.462 e. The molecule has 8 nitrogen and oxygen atoms in total. The van der Waals surface area contributed by atoms with E-state index < -0.39 is 11.8 Å². The number of rotatable bonds is 4. The molecule has 3 aromatic rings. The van der Waals surface area contributed by atoms with Gasteiger partial charge in [-0.05, 0) is 29.3 Å². The van der Waals surface area contributed by atoms with Crippen molar-refractivity contribution in [2.75, 3.05) is 29.7 Å². The Labute approximate surface area is 162 Å². The predicted octanol–water partition coefficient (Wildman–Crippen LogP) is 2.83. The van der Waals surface area contributed by atoms with Gasteiger partial charge in [-0.3, -0.25) is 10.0 Å². The predicted molar refractivity (Wildman–Crippen MR) is 100 cm³/mol. The molecule has 0 aliphatic carbocycles. The number of fused-ring (bicyclic) bond motifs is 1. The molecule has 1 aliphatic heterocycles. The number of pyridine rings is 1. The third-order valence-corrected chi connectivity index (χ3v) is 4.82. The molecule has 0 atom stereocenters. The Morgan fingerprint density at radius 2 is 2.15 bits per heavy atom. The Morgan fingerprint density at radius 3 is 2.96 bits per heavy atom. The second kappa shape index (κ2) is 7.10. The Bertz CT molecular complexity index is 1010. The summed E-state index contributed by atoms with van der Waals surface area (Å²) in [6.07, 6.45) is 5.21. The topological polar surface area (TPSA) is 75.9 Å². The summed E-state index contributed by atoms with van der Waals surface area (Å²) in [4.78, 5) is 20.8. The molecule has 140 valence electrons. The van der Waals surface area contributed by atoms with Gasteiger partial charge in [0.25, 0.3) is 0 Å². The van der Waals surface area contributed by atoms with Gasteiger partial charge in [-0.1, -0.05) is 0 Å². The van der Waals surface area contributed by atoms with Crippen LogP contribution in [0.2, 0.25) is 0 Å². The van der Waals surface area contributed by atoms with Gasteiger partial charge in [0.2, 0.25) is 0 Å². The molecular weight excluding hydrogens is 419 g/mol. The van der Waals surface area contributed by atoms with Crippen LogP contribution in [0.3, 0.4) is 0 Å². The van der Waals surface area contributed by atoms with E-state index in [1.807, 2.05) is 10.0 Å². The number of hydrogen-bond donors (Lipinski definition) is 0. The summed E-state index contributed by atoms with van der Waals surface area (Å²) < 4.78 is 20.8. The van der Waals surface area contributed by atoms with Crippen molar-refractivity contribution in [3.63, 3.8) is 0 Å². The fraction of sp³-hybridized carbons (Fsp3) is 0.294. The standard InChI is InChI=1S/C17H16BrFN6O2/c1-2-27-17(26)12-10-21-23-7-4-14(22-16(12)23)25-6-3-5-24(25)13-8-11(19)9-20-15(13)18/h4,7-10H,2-3,5-6H2,1H3. The zero-order chi connectivity index (χ0) is 19.0. The first-order valence-corrected chi connectivity index (χ1v) is 9.25. The van der Waals surface area contributed by atoms with Gasteiger partial charge >= 0.3 is 5.97 Å². The molecule has 0 aromatic carbocycles. The van der Waals surface area contributed by atoms with Crippen molar-refractivity contribution in [2.45, 2.75) is 13.3 Å². The third-order valence-electron chi connectivity index (χ3n) is 4.21. The highest BCUT2D eigenvalue weighted by atomic mass is 79.9. The first-order valence-electron chi connectivity index (χ1n) is 8.46. The van der Waals surface area contributed by atoms with E-state index in [1.165, 1.54) is 16.8 Å². The van der Waals surface area contributed by atoms with Crippen LogP contribution in [0.5, 0.6) is 0 Å². The van der Waals surface area contributed by atoms with E-state index in [2.05, 4.69) is 31.0 Å². The van der Waals surface area contributed by atoms with Gasteiger partial charge in [0, 0.05) is 31.4 Å². The average Bonchev–Trinajstić information content (AvgIpc) is 3.30. The maximum absolute atomic E-state index is 13.7. The second-order valence-corrected chi connectivity index (χ2v) is 6.65. The molecule has 3 aromatic heterocycles. The van der Waals surface area contributed by atoms with Crippen molar-refractivity contribution < 1.29 is 13.9 Å². The number of hydrogen-bond acceptors (Lipinski definition) is 7. The molecule has 27 heavy (non-hydrogen) atoms. The Morgan fingerprint density at radius 1 is 1.33 bits per heavy atom. The van der Waals surface area contributed by atoms with Crippen molar-refractivity contribution in [3.05, 3.63) is 46.7 Å². The summed E-state index contributed by atoms with van der Waals surface area (Å²) in [5.74, 6) is -0.251. The zero-order valence-corrected chi connectivity index (χ0v) is 16.1. The summed E-state index contributed by atoms with van der Waals surface area (Å²) in [6, 6.07) is 3.23. The van der Waals surface area contributed by atoms with Crippen molar-refractivity contribution in [1.82, 2.24) is 19.6 Å². The molecule has 0 bridgehead atoms. The summed E-state index contributed by atoms with van der Waals surface area (Å²) in [7, 11) is 0. The van der Waals surface area contributed by atoms with Crippen molar-refractivity contribution in [1.29, 1.82) is 0 Å². The van der Waals surface area contributed by atoms with E-state index in [0.717, 1.165) is 12.6 Å². The summed E-state index contributed by atoms with van der Waals surface area (Å²) in [5.41, 5.74) is 1.33. The van der Waals surface area contributed by atoms with Crippen molar-refractivity contribution >= 4 is 39.1 Å². The van der Waals surface area contributed by atoms with Gasteiger partial charge < -0.3 is 4.74 Å². The molecule has 1 saturated heterocycles. The smallest absolute Gasteiger partial charge is 0.343 e. The van der Waals surface area contributed by atoms with Gasteiger partial charge in [-0.2, -0.15) is 5.10 Å². The first kappa shape index (κ1) is 17.7. The summed E-state index contributed by atoms with van der Waals surface area (Å²) in [6.45, 7) is 3.42. The highest BCUT2D eigenvalue weighted by molar-refractivity contribution is 9.10. The van der Waals surface area contributed by atoms with E-state index in [0.29, 0.717) is 40.4 Å². The van der Waals surface area contributed by atoms with Crippen LogP contribution >= 0.6 is 15.9 Å². The molecule has 1 fully saturated rings. The van der Waals surface area contributed by atoms with Crippen LogP contribution in [0.25, 0.3) is 5.65 Å². The zero-order valence-electron chi connectivity index (χ0n) is 14.5. The van der Waals surface area contributed by atoms with E-state index in [-0.39, 0.29) is 6.61 Å². The number of esters is 1. The number of anilines is 2. The fourth-order valence-electron chi connectivity index (χ4n) is 3.05.